The highest BCUT2D eigenvalue weighted by molar-refractivity contribution is 5.33. The second-order valence-corrected chi connectivity index (χ2v) is 5.99. The Balaban J connectivity index is 2.04. The van der Waals surface area contributed by atoms with Gasteiger partial charge in [-0.15, -0.1) is 0 Å². The van der Waals surface area contributed by atoms with Gasteiger partial charge in [-0.25, -0.2) is 0 Å². The third-order valence-corrected chi connectivity index (χ3v) is 3.96. The molecule has 1 aromatic carbocycles. The van der Waals surface area contributed by atoms with Crippen molar-refractivity contribution < 1.29 is 9.84 Å². The number of piperidine rings is 1. The second kappa shape index (κ2) is 6.91. The molecule has 1 unspecified atom stereocenters. The van der Waals surface area contributed by atoms with E-state index >= 15 is 0 Å². The van der Waals surface area contributed by atoms with Gasteiger partial charge in [0, 0.05) is 30.7 Å². The van der Waals surface area contributed by atoms with Gasteiger partial charge in [-0.2, -0.15) is 0 Å². The van der Waals surface area contributed by atoms with Crippen LogP contribution in [0.25, 0.3) is 0 Å². The van der Waals surface area contributed by atoms with Gasteiger partial charge < -0.3 is 9.84 Å². The highest BCUT2D eigenvalue weighted by atomic mass is 16.5. The smallest absolute Gasteiger partial charge is 0.124 e. The summed E-state index contributed by atoms with van der Waals surface area (Å²) in [6.07, 6.45) is 4.02. The number of aliphatic hydroxyl groups excluding tert-OH is 1. The quantitative estimate of drug-likeness (QED) is 0.810. The minimum Gasteiger partial charge on any atom is -0.489 e. The van der Waals surface area contributed by atoms with E-state index in [0.29, 0.717) is 6.61 Å². The standard InChI is InChI=1S/C17H25NO2/c1-3-11-20-16-8-5-4-7-15(16)12-18-10-6-9-17(2,13-18)14-19/h3-5,7-8,19H,1,6,9-14H2,2H3. The number of rotatable bonds is 6. The Labute approximate surface area is 121 Å². The average Bonchev–Trinajstić information content (AvgIpc) is 2.46. The predicted octanol–water partition coefficient (Wildman–Crippen LogP) is 2.85. The van der Waals surface area contributed by atoms with E-state index in [2.05, 4.69) is 24.5 Å². The van der Waals surface area contributed by atoms with Crippen LogP contribution >= 0.6 is 0 Å². The molecule has 0 bridgehead atoms. The van der Waals surface area contributed by atoms with Gasteiger partial charge in [0.05, 0.1) is 0 Å². The first kappa shape index (κ1) is 15.1. The summed E-state index contributed by atoms with van der Waals surface area (Å²) >= 11 is 0. The maximum Gasteiger partial charge on any atom is 0.124 e. The number of likely N-dealkylation sites (tertiary alicyclic amines) is 1. The fourth-order valence-corrected chi connectivity index (χ4v) is 2.86. The zero-order chi connectivity index (χ0) is 14.4. The number of para-hydroxylation sites is 1. The maximum absolute atomic E-state index is 9.54. The van der Waals surface area contributed by atoms with Crippen molar-refractivity contribution in [2.75, 3.05) is 26.3 Å². The third kappa shape index (κ3) is 3.84. The molecule has 1 aliphatic rings. The van der Waals surface area contributed by atoms with Crippen LogP contribution in [-0.4, -0.2) is 36.3 Å². The lowest BCUT2D eigenvalue weighted by atomic mass is 9.82. The van der Waals surface area contributed by atoms with Crippen molar-refractivity contribution in [3.05, 3.63) is 42.5 Å². The molecule has 3 heteroatoms. The van der Waals surface area contributed by atoms with Crippen molar-refractivity contribution in [3.8, 4) is 5.75 Å². The summed E-state index contributed by atoms with van der Waals surface area (Å²) in [4.78, 5) is 2.41. The van der Waals surface area contributed by atoms with E-state index in [4.69, 9.17) is 4.74 Å². The zero-order valence-electron chi connectivity index (χ0n) is 12.3. The molecule has 1 saturated heterocycles. The van der Waals surface area contributed by atoms with E-state index < -0.39 is 0 Å². The van der Waals surface area contributed by atoms with Gasteiger partial charge in [0.2, 0.25) is 0 Å². The van der Waals surface area contributed by atoms with Gasteiger partial charge in [-0.05, 0) is 25.5 Å². The first-order valence-corrected chi connectivity index (χ1v) is 7.32. The predicted molar refractivity (Wildman–Crippen MR) is 81.8 cm³/mol. The summed E-state index contributed by atoms with van der Waals surface area (Å²) in [6.45, 7) is 9.56. The molecule has 110 valence electrons. The largest absolute Gasteiger partial charge is 0.489 e. The Morgan fingerprint density at radius 3 is 3.00 bits per heavy atom. The Hall–Kier alpha value is -1.32. The number of ether oxygens (including phenoxy) is 1. The van der Waals surface area contributed by atoms with E-state index in [-0.39, 0.29) is 12.0 Å². The lowest BCUT2D eigenvalue weighted by Crippen LogP contribution is -2.43. The van der Waals surface area contributed by atoms with E-state index in [1.807, 2.05) is 18.2 Å². The van der Waals surface area contributed by atoms with Crippen molar-refractivity contribution in [2.45, 2.75) is 26.3 Å². The van der Waals surface area contributed by atoms with Crippen LogP contribution in [0.15, 0.2) is 36.9 Å². The summed E-state index contributed by atoms with van der Waals surface area (Å²) in [7, 11) is 0. The Morgan fingerprint density at radius 1 is 1.45 bits per heavy atom. The zero-order valence-corrected chi connectivity index (χ0v) is 12.3. The van der Waals surface area contributed by atoms with Crippen LogP contribution in [0.5, 0.6) is 5.75 Å². The van der Waals surface area contributed by atoms with Crippen LogP contribution < -0.4 is 4.74 Å². The van der Waals surface area contributed by atoms with E-state index in [0.717, 1.165) is 38.2 Å². The molecule has 1 aliphatic heterocycles. The van der Waals surface area contributed by atoms with Gasteiger partial charge in [0.15, 0.2) is 0 Å². The molecule has 1 heterocycles. The minimum absolute atomic E-state index is 0.0369. The summed E-state index contributed by atoms with van der Waals surface area (Å²) in [5.74, 6) is 0.934. The fourth-order valence-electron chi connectivity index (χ4n) is 2.86. The number of hydrogen-bond acceptors (Lipinski definition) is 3. The lowest BCUT2D eigenvalue weighted by molar-refractivity contribution is 0.0425. The minimum atomic E-state index is 0.0369. The normalized spacial score (nSPS) is 23.5. The molecule has 1 N–H and O–H groups in total. The molecule has 20 heavy (non-hydrogen) atoms. The third-order valence-electron chi connectivity index (χ3n) is 3.96. The van der Waals surface area contributed by atoms with Crippen molar-refractivity contribution in [2.24, 2.45) is 5.41 Å². The molecule has 0 aliphatic carbocycles. The van der Waals surface area contributed by atoms with E-state index in [1.165, 1.54) is 5.56 Å². The van der Waals surface area contributed by atoms with E-state index in [1.54, 1.807) is 6.08 Å². The van der Waals surface area contributed by atoms with E-state index in [9.17, 15) is 5.11 Å². The van der Waals surface area contributed by atoms with Crippen LogP contribution in [-0.2, 0) is 6.54 Å². The molecular weight excluding hydrogens is 250 g/mol. The highest BCUT2D eigenvalue weighted by Gasteiger charge is 2.30. The first-order valence-electron chi connectivity index (χ1n) is 7.32. The summed E-state index contributed by atoms with van der Waals surface area (Å²) in [5.41, 5.74) is 1.24. The van der Waals surface area contributed by atoms with Gasteiger partial charge in [-0.1, -0.05) is 37.8 Å². The second-order valence-electron chi connectivity index (χ2n) is 5.99. The van der Waals surface area contributed by atoms with Gasteiger partial charge in [-0.3, -0.25) is 4.90 Å². The van der Waals surface area contributed by atoms with Crippen molar-refractivity contribution >= 4 is 0 Å². The molecule has 1 fully saturated rings. The molecule has 0 saturated carbocycles. The average molecular weight is 275 g/mol. The molecule has 0 amide bonds. The lowest BCUT2D eigenvalue weighted by Gasteiger charge is -2.39. The van der Waals surface area contributed by atoms with Crippen LogP contribution in [0.1, 0.15) is 25.3 Å². The fraction of sp³-hybridized carbons (Fsp3) is 0.529. The molecule has 0 aromatic heterocycles. The van der Waals surface area contributed by atoms with Crippen molar-refractivity contribution in [1.29, 1.82) is 0 Å². The number of benzene rings is 1. The molecule has 0 radical (unpaired) electrons. The topological polar surface area (TPSA) is 32.7 Å². The van der Waals surface area contributed by atoms with Crippen LogP contribution in [0.4, 0.5) is 0 Å². The number of hydrogen-bond donors (Lipinski definition) is 1. The van der Waals surface area contributed by atoms with Crippen LogP contribution in [0.2, 0.25) is 0 Å². The SMILES string of the molecule is C=CCOc1ccccc1CN1CCCC(C)(CO)C1. The molecule has 2 rings (SSSR count). The maximum atomic E-state index is 9.54. The molecule has 1 aromatic rings. The molecule has 1 atom stereocenters. The van der Waals surface area contributed by atoms with Crippen molar-refractivity contribution in [1.82, 2.24) is 4.90 Å². The van der Waals surface area contributed by atoms with Crippen LogP contribution in [0.3, 0.4) is 0 Å². The Bertz CT molecular complexity index is 446. The monoisotopic (exact) mass is 275 g/mol. The highest BCUT2D eigenvalue weighted by Crippen LogP contribution is 2.30. The number of nitrogens with zero attached hydrogens (tertiary/aromatic N) is 1. The Kier molecular flexibility index (Phi) is 5.21. The summed E-state index contributed by atoms with van der Waals surface area (Å²) in [6, 6.07) is 8.17. The van der Waals surface area contributed by atoms with Gasteiger partial charge in [0.25, 0.3) is 0 Å². The number of aliphatic hydroxyl groups is 1. The molecular formula is C17H25NO2. The van der Waals surface area contributed by atoms with Gasteiger partial charge in [0.1, 0.15) is 12.4 Å². The first-order chi connectivity index (χ1) is 9.67. The molecule has 3 nitrogen and oxygen atoms in total. The van der Waals surface area contributed by atoms with Crippen molar-refractivity contribution in [3.63, 3.8) is 0 Å². The Morgan fingerprint density at radius 2 is 2.25 bits per heavy atom. The van der Waals surface area contributed by atoms with Crippen LogP contribution in [0, 0.1) is 5.41 Å². The summed E-state index contributed by atoms with van der Waals surface area (Å²) < 4.78 is 5.71. The van der Waals surface area contributed by atoms with Gasteiger partial charge >= 0.3 is 0 Å². The summed E-state index contributed by atoms with van der Waals surface area (Å²) in [5, 5.41) is 9.54. The molecule has 0 spiro atoms.